The van der Waals surface area contributed by atoms with Crippen LogP contribution in [0.1, 0.15) is 19.8 Å². The van der Waals surface area contributed by atoms with E-state index >= 15 is 0 Å². The highest BCUT2D eigenvalue weighted by molar-refractivity contribution is 14.0. The van der Waals surface area contributed by atoms with Gasteiger partial charge in [-0.2, -0.15) is 13.2 Å². The molecule has 0 rings (SSSR count). The molecule has 0 aliphatic rings. The van der Waals surface area contributed by atoms with Gasteiger partial charge in [-0.05, 0) is 12.8 Å². The van der Waals surface area contributed by atoms with Crippen molar-refractivity contribution in [1.82, 2.24) is 10.6 Å². The van der Waals surface area contributed by atoms with Crippen molar-refractivity contribution in [2.45, 2.75) is 25.9 Å². The van der Waals surface area contributed by atoms with E-state index in [0.717, 1.165) is 13.0 Å². The number of nitrogens with one attached hydrogen (secondary N) is 2. The third kappa shape index (κ3) is 13.8. The Morgan fingerprint density at radius 2 is 1.83 bits per heavy atom. The van der Waals surface area contributed by atoms with Gasteiger partial charge in [0.2, 0.25) is 0 Å². The van der Waals surface area contributed by atoms with Gasteiger partial charge in [0.25, 0.3) is 0 Å². The third-order valence-electron chi connectivity index (χ3n) is 1.79. The van der Waals surface area contributed by atoms with Gasteiger partial charge >= 0.3 is 6.18 Å². The topological polar surface area (TPSA) is 45.7 Å². The maximum absolute atomic E-state index is 11.7. The predicted molar refractivity (Wildman–Crippen MR) is 76.6 cm³/mol. The number of nitrogens with zero attached hydrogens (tertiary/aromatic N) is 1. The van der Waals surface area contributed by atoms with Crippen molar-refractivity contribution in [3.8, 4) is 0 Å². The van der Waals surface area contributed by atoms with E-state index in [1.807, 2.05) is 6.92 Å². The summed E-state index contributed by atoms with van der Waals surface area (Å²) >= 11 is 0. The molecule has 0 aliphatic heterocycles. The van der Waals surface area contributed by atoms with Crippen LogP contribution in [0.25, 0.3) is 0 Å². The Hall–Kier alpha value is -0.250. The zero-order chi connectivity index (χ0) is 13.1. The fraction of sp³-hybridized carbons (Fsp3) is 0.900. The summed E-state index contributed by atoms with van der Waals surface area (Å²) in [6, 6.07) is 0. The summed E-state index contributed by atoms with van der Waals surface area (Å²) in [6.07, 6.45) is -2.76. The van der Waals surface area contributed by atoms with Crippen LogP contribution in [0.4, 0.5) is 13.2 Å². The standard InChI is InChI=1S/C10H20F3N3O.HI/c1-3-5-15-9(14-2)16-6-4-7-17-8-10(11,12)13;/h3-8H2,1-2H3,(H2,14,15,16);1H. The number of ether oxygens (including phenoxy) is 1. The highest BCUT2D eigenvalue weighted by Gasteiger charge is 2.27. The van der Waals surface area contributed by atoms with Gasteiger partial charge < -0.3 is 15.4 Å². The lowest BCUT2D eigenvalue weighted by molar-refractivity contribution is -0.173. The highest BCUT2D eigenvalue weighted by atomic mass is 127. The number of aliphatic imine (C=N–C) groups is 1. The first-order chi connectivity index (χ1) is 7.99. The molecule has 0 spiro atoms. The molecule has 8 heteroatoms. The van der Waals surface area contributed by atoms with Gasteiger partial charge in [-0.15, -0.1) is 24.0 Å². The summed E-state index contributed by atoms with van der Waals surface area (Å²) < 4.78 is 39.6. The summed E-state index contributed by atoms with van der Waals surface area (Å²) in [5.41, 5.74) is 0. The number of guanidine groups is 1. The second-order valence-corrected chi connectivity index (χ2v) is 3.45. The number of alkyl halides is 3. The molecule has 0 radical (unpaired) electrons. The van der Waals surface area contributed by atoms with Crippen LogP contribution < -0.4 is 10.6 Å². The molecule has 0 aromatic carbocycles. The normalized spacial score (nSPS) is 11.9. The molecule has 0 aromatic heterocycles. The number of hydrogen-bond donors (Lipinski definition) is 2. The molecule has 0 unspecified atom stereocenters. The molecule has 2 N–H and O–H groups in total. The Bertz CT molecular complexity index is 225. The summed E-state index contributed by atoms with van der Waals surface area (Å²) in [5.74, 6) is 0.655. The molecule has 0 saturated heterocycles. The van der Waals surface area contributed by atoms with E-state index in [2.05, 4.69) is 20.4 Å². The molecule has 18 heavy (non-hydrogen) atoms. The Balaban J connectivity index is 0. The second kappa shape index (κ2) is 11.8. The minimum atomic E-state index is -4.24. The molecule has 0 amide bonds. The van der Waals surface area contributed by atoms with E-state index in [4.69, 9.17) is 0 Å². The van der Waals surface area contributed by atoms with Crippen LogP contribution in [0.3, 0.4) is 0 Å². The molecule has 0 atom stereocenters. The van der Waals surface area contributed by atoms with Crippen LogP contribution in [-0.4, -0.2) is 45.5 Å². The number of hydrogen-bond acceptors (Lipinski definition) is 2. The van der Waals surface area contributed by atoms with Gasteiger partial charge in [-0.1, -0.05) is 6.92 Å². The van der Waals surface area contributed by atoms with E-state index in [1.54, 1.807) is 7.05 Å². The van der Waals surface area contributed by atoms with Crippen molar-refractivity contribution in [3.05, 3.63) is 0 Å². The van der Waals surface area contributed by atoms with Gasteiger partial charge in [0, 0.05) is 26.7 Å². The minimum absolute atomic E-state index is 0. The van der Waals surface area contributed by atoms with E-state index < -0.39 is 12.8 Å². The highest BCUT2D eigenvalue weighted by Crippen LogP contribution is 2.14. The monoisotopic (exact) mass is 383 g/mol. The lowest BCUT2D eigenvalue weighted by Crippen LogP contribution is -2.38. The van der Waals surface area contributed by atoms with Crippen molar-refractivity contribution in [2.24, 2.45) is 4.99 Å². The average molecular weight is 383 g/mol. The zero-order valence-corrected chi connectivity index (χ0v) is 13.0. The average Bonchev–Trinajstić information content (AvgIpc) is 2.25. The van der Waals surface area contributed by atoms with Crippen LogP contribution >= 0.6 is 24.0 Å². The summed E-state index contributed by atoms with van der Waals surface area (Å²) in [6.45, 7) is 2.27. The predicted octanol–water partition coefficient (Wildman–Crippen LogP) is 2.15. The minimum Gasteiger partial charge on any atom is -0.372 e. The van der Waals surface area contributed by atoms with Gasteiger partial charge in [-0.25, -0.2) is 0 Å². The summed E-state index contributed by atoms with van der Waals surface area (Å²) in [7, 11) is 1.64. The Kier molecular flexibility index (Phi) is 13.2. The van der Waals surface area contributed by atoms with Crippen LogP contribution in [-0.2, 0) is 4.74 Å². The fourth-order valence-corrected chi connectivity index (χ4v) is 1.03. The van der Waals surface area contributed by atoms with Crippen molar-refractivity contribution in [3.63, 3.8) is 0 Å². The largest absolute Gasteiger partial charge is 0.411 e. The Morgan fingerprint density at radius 1 is 1.22 bits per heavy atom. The molecule has 0 bridgehead atoms. The van der Waals surface area contributed by atoms with Crippen LogP contribution in [0.15, 0.2) is 4.99 Å². The Labute approximate surface area is 123 Å². The molecular weight excluding hydrogens is 362 g/mol. The maximum Gasteiger partial charge on any atom is 0.411 e. The molecule has 0 saturated carbocycles. The first-order valence-electron chi connectivity index (χ1n) is 5.58. The van der Waals surface area contributed by atoms with Gasteiger partial charge in [-0.3, -0.25) is 4.99 Å². The third-order valence-corrected chi connectivity index (χ3v) is 1.79. The summed E-state index contributed by atoms with van der Waals surface area (Å²) in [4.78, 5) is 3.96. The Morgan fingerprint density at radius 3 is 2.33 bits per heavy atom. The van der Waals surface area contributed by atoms with Crippen LogP contribution in [0.2, 0.25) is 0 Å². The quantitative estimate of drug-likeness (QED) is 0.307. The lowest BCUT2D eigenvalue weighted by Gasteiger charge is -2.11. The van der Waals surface area contributed by atoms with E-state index in [0.29, 0.717) is 18.9 Å². The van der Waals surface area contributed by atoms with Crippen molar-refractivity contribution >= 4 is 29.9 Å². The molecule has 0 fully saturated rings. The summed E-state index contributed by atoms with van der Waals surface area (Å²) in [5, 5.41) is 6.03. The van der Waals surface area contributed by atoms with Crippen molar-refractivity contribution < 1.29 is 17.9 Å². The molecule has 4 nitrogen and oxygen atoms in total. The van der Waals surface area contributed by atoms with Crippen LogP contribution in [0.5, 0.6) is 0 Å². The number of rotatable bonds is 7. The van der Waals surface area contributed by atoms with Crippen molar-refractivity contribution in [2.75, 3.05) is 33.4 Å². The molecule has 0 heterocycles. The van der Waals surface area contributed by atoms with E-state index in [-0.39, 0.29) is 30.6 Å². The molecule has 0 aromatic rings. The van der Waals surface area contributed by atoms with Gasteiger partial charge in [0.15, 0.2) is 5.96 Å². The van der Waals surface area contributed by atoms with E-state index in [1.165, 1.54) is 0 Å². The molecular formula is C10H21F3IN3O. The van der Waals surface area contributed by atoms with Crippen LogP contribution in [0, 0.1) is 0 Å². The van der Waals surface area contributed by atoms with Crippen molar-refractivity contribution in [1.29, 1.82) is 0 Å². The smallest absolute Gasteiger partial charge is 0.372 e. The van der Waals surface area contributed by atoms with Gasteiger partial charge in [0.05, 0.1) is 0 Å². The first-order valence-corrected chi connectivity index (χ1v) is 5.58. The first kappa shape index (κ1) is 20.1. The van der Waals surface area contributed by atoms with E-state index in [9.17, 15) is 13.2 Å². The van der Waals surface area contributed by atoms with Gasteiger partial charge in [0.1, 0.15) is 6.61 Å². The lowest BCUT2D eigenvalue weighted by atomic mass is 10.4. The molecule has 110 valence electrons. The number of halogens is 4. The fourth-order valence-electron chi connectivity index (χ4n) is 1.03. The maximum atomic E-state index is 11.7. The second-order valence-electron chi connectivity index (χ2n) is 3.45. The SMILES string of the molecule is CCCNC(=NC)NCCCOCC(F)(F)F.I. The molecule has 0 aliphatic carbocycles. The zero-order valence-electron chi connectivity index (χ0n) is 10.6.